The maximum absolute atomic E-state index is 14.2. The Hall–Kier alpha value is -2.78. The lowest BCUT2D eigenvalue weighted by atomic mass is 10.1. The Morgan fingerprint density at radius 1 is 0.881 bits per heavy atom. The topological polar surface area (TPSA) is 86.8 Å². The van der Waals surface area contributed by atoms with Crippen LogP contribution in [0.2, 0.25) is 15.1 Å². The number of hydrogen-bond acceptors (Lipinski definition) is 4. The van der Waals surface area contributed by atoms with Crippen molar-refractivity contribution >= 4 is 62.3 Å². The van der Waals surface area contributed by atoms with Gasteiger partial charge >= 0.3 is 0 Å². The van der Waals surface area contributed by atoms with E-state index in [-0.39, 0.29) is 29.1 Å². The zero-order chi connectivity index (χ0) is 31.2. The Balaban J connectivity index is 2.12. The van der Waals surface area contributed by atoms with Gasteiger partial charge in [0.25, 0.3) is 10.0 Å². The highest BCUT2D eigenvalue weighted by Gasteiger charge is 2.34. The summed E-state index contributed by atoms with van der Waals surface area (Å²) in [6, 6.07) is 15.3. The first-order chi connectivity index (χ1) is 19.8. The molecule has 0 heterocycles. The van der Waals surface area contributed by atoms with Crippen molar-refractivity contribution in [3.8, 4) is 0 Å². The first-order valence-electron chi connectivity index (χ1n) is 13.7. The monoisotopic (exact) mass is 651 g/mol. The molecule has 0 bridgehead atoms. The first-order valence-corrected chi connectivity index (χ1v) is 16.2. The molecule has 2 atom stereocenters. The van der Waals surface area contributed by atoms with E-state index in [0.717, 1.165) is 9.87 Å². The number of nitrogens with one attached hydrogen (secondary N) is 1. The van der Waals surface area contributed by atoms with Gasteiger partial charge in [0.05, 0.1) is 20.6 Å². The number of anilines is 1. The normalized spacial score (nSPS) is 12.9. The lowest BCUT2D eigenvalue weighted by Gasteiger charge is -2.34. The van der Waals surface area contributed by atoms with Crippen LogP contribution in [0.4, 0.5) is 5.69 Å². The first kappa shape index (κ1) is 33.7. The minimum Gasteiger partial charge on any atom is -0.352 e. The molecule has 0 radical (unpaired) electrons. The molecule has 1 N–H and O–H groups in total. The summed E-state index contributed by atoms with van der Waals surface area (Å²) in [5, 5.41) is 3.93. The summed E-state index contributed by atoms with van der Waals surface area (Å²) in [4.78, 5) is 29.0. The van der Waals surface area contributed by atoms with Gasteiger partial charge in [-0.05, 0) is 81.1 Å². The number of nitrogens with zero attached hydrogens (tertiary/aromatic N) is 2. The molecule has 7 nitrogen and oxygen atoms in total. The van der Waals surface area contributed by atoms with Crippen molar-refractivity contribution in [1.29, 1.82) is 0 Å². The van der Waals surface area contributed by atoms with Crippen LogP contribution in [0.25, 0.3) is 0 Å². The smallest absolute Gasteiger partial charge is 0.264 e. The summed E-state index contributed by atoms with van der Waals surface area (Å²) in [7, 11) is -4.21. The van der Waals surface area contributed by atoms with Crippen LogP contribution in [0.1, 0.15) is 50.3 Å². The number of carbonyl (C=O) groups excluding carboxylic acids is 2. The van der Waals surface area contributed by atoms with Crippen LogP contribution in [-0.4, -0.2) is 43.8 Å². The van der Waals surface area contributed by atoms with Gasteiger partial charge < -0.3 is 10.2 Å². The van der Waals surface area contributed by atoms with Crippen molar-refractivity contribution in [3.05, 3.63) is 92.4 Å². The predicted octanol–water partition coefficient (Wildman–Crippen LogP) is 7.18. The van der Waals surface area contributed by atoms with Gasteiger partial charge in [0.1, 0.15) is 12.6 Å². The molecule has 0 aliphatic rings. The summed E-state index contributed by atoms with van der Waals surface area (Å²) in [5.41, 5.74) is 2.41. The second-order valence-electron chi connectivity index (χ2n) is 10.3. The van der Waals surface area contributed by atoms with Gasteiger partial charge in [0.15, 0.2) is 0 Å². The molecule has 42 heavy (non-hydrogen) atoms. The van der Waals surface area contributed by atoms with Crippen LogP contribution in [0.15, 0.2) is 65.6 Å². The molecule has 0 unspecified atom stereocenters. The fourth-order valence-corrected chi connectivity index (χ4v) is 6.35. The van der Waals surface area contributed by atoms with Gasteiger partial charge in [-0.1, -0.05) is 78.5 Å². The van der Waals surface area contributed by atoms with E-state index in [1.165, 1.54) is 23.1 Å². The average molecular weight is 653 g/mol. The summed E-state index contributed by atoms with van der Waals surface area (Å²) in [6.45, 7) is 8.68. The number of carbonyl (C=O) groups is 2. The van der Waals surface area contributed by atoms with E-state index in [4.69, 9.17) is 34.8 Å². The van der Waals surface area contributed by atoms with Crippen LogP contribution < -0.4 is 9.62 Å². The van der Waals surface area contributed by atoms with Crippen molar-refractivity contribution in [1.82, 2.24) is 10.2 Å². The number of sulfonamides is 1. The Morgan fingerprint density at radius 2 is 1.55 bits per heavy atom. The number of halogens is 3. The average Bonchev–Trinajstić information content (AvgIpc) is 2.94. The Labute approximate surface area is 263 Å². The number of aryl methyl sites for hydroxylation is 2. The number of benzene rings is 3. The number of rotatable bonds is 12. The molecular weight excluding hydrogens is 617 g/mol. The second kappa shape index (κ2) is 14.6. The highest BCUT2D eigenvalue weighted by molar-refractivity contribution is 7.92. The van der Waals surface area contributed by atoms with Crippen LogP contribution >= 0.6 is 34.8 Å². The lowest BCUT2D eigenvalue weighted by molar-refractivity contribution is -0.140. The fourth-order valence-electron chi connectivity index (χ4n) is 4.40. The molecule has 0 fully saturated rings. The Morgan fingerprint density at radius 3 is 2.14 bits per heavy atom. The Bertz CT molecular complexity index is 1530. The van der Waals surface area contributed by atoms with Crippen LogP contribution in [-0.2, 0) is 26.2 Å². The van der Waals surface area contributed by atoms with Crippen molar-refractivity contribution in [2.24, 2.45) is 0 Å². The molecule has 3 rings (SSSR count). The van der Waals surface area contributed by atoms with Gasteiger partial charge in [-0.25, -0.2) is 8.42 Å². The van der Waals surface area contributed by atoms with Crippen molar-refractivity contribution in [2.75, 3.05) is 10.8 Å². The molecule has 0 saturated carbocycles. The maximum atomic E-state index is 14.2. The molecule has 11 heteroatoms. The fraction of sp³-hybridized carbons (Fsp3) is 0.355. The van der Waals surface area contributed by atoms with Gasteiger partial charge in [0.2, 0.25) is 11.8 Å². The second-order valence-corrected chi connectivity index (χ2v) is 13.4. The highest BCUT2D eigenvalue weighted by Crippen LogP contribution is 2.31. The van der Waals surface area contributed by atoms with Crippen molar-refractivity contribution in [2.45, 2.75) is 71.0 Å². The van der Waals surface area contributed by atoms with E-state index >= 15 is 0 Å². The molecule has 0 spiro atoms. The van der Waals surface area contributed by atoms with E-state index in [9.17, 15) is 18.0 Å². The summed E-state index contributed by atoms with van der Waals surface area (Å²) >= 11 is 18.7. The van der Waals surface area contributed by atoms with Crippen LogP contribution in [0, 0.1) is 13.8 Å². The molecule has 3 aromatic rings. The number of amides is 2. The molecular formula is C31H36Cl3N3O4S. The summed E-state index contributed by atoms with van der Waals surface area (Å²) < 4.78 is 29.2. The zero-order valence-corrected chi connectivity index (χ0v) is 27.4. The van der Waals surface area contributed by atoms with Gasteiger partial charge in [-0.3, -0.25) is 13.9 Å². The molecule has 2 amide bonds. The maximum Gasteiger partial charge on any atom is 0.264 e. The third-order valence-corrected chi connectivity index (χ3v) is 9.80. The largest absolute Gasteiger partial charge is 0.352 e. The molecule has 226 valence electrons. The SMILES string of the molecule is CC[C@H](C)NC(=O)[C@H](CC)N(Cc1ccc(Cl)c(Cl)c1)C(=O)CN(c1cc(Cl)ccc1C)S(=O)(=O)c1ccc(C)cc1. The predicted molar refractivity (Wildman–Crippen MR) is 171 cm³/mol. The van der Waals surface area contributed by atoms with E-state index in [0.29, 0.717) is 39.0 Å². The van der Waals surface area contributed by atoms with Crippen LogP contribution in [0.3, 0.4) is 0 Å². The van der Waals surface area contributed by atoms with Gasteiger partial charge in [-0.15, -0.1) is 0 Å². The van der Waals surface area contributed by atoms with Crippen LogP contribution in [0.5, 0.6) is 0 Å². The van der Waals surface area contributed by atoms with E-state index < -0.39 is 28.5 Å². The van der Waals surface area contributed by atoms with Crippen molar-refractivity contribution < 1.29 is 18.0 Å². The van der Waals surface area contributed by atoms with E-state index in [1.807, 2.05) is 20.8 Å². The minimum absolute atomic E-state index is 0.00903. The van der Waals surface area contributed by atoms with Gasteiger partial charge in [-0.2, -0.15) is 0 Å². The summed E-state index contributed by atoms with van der Waals surface area (Å²) in [6.07, 6.45) is 1.01. The van der Waals surface area contributed by atoms with E-state index in [1.54, 1.807) is 56.3 Å². The highest BCUT2D eigenvalue weighted by atomic mass is 35.5. The standard InChI is InChI=1S/C31H36Cl3N3O4S/c1-6-22(5)35-31(39)28(7-2)36(18-23-11-15-26(33)27(34)16-23)30(38)19-37(29-17-24(32)12-10-21(29)4)42(40,41)25-13-8-20(3)9-14-25/h8-17,22,28H,6-7,18-19H2,1-5H3,(H,35,39)/t22-,28-/m0/s1. The minimum atomic E-state index is -4.21. The lowest BCUT2D eigenvalue weighted by Crippen LogP contribution is -2.53. The zero-order valence-electron chi connectivity index (χ0n) is 24.3. The number of hydrogen-bond donors (Lipinski definition) is 1. The third-order valence-electron chi connectivity index (χ3n) is 7.05. The molecule has 0 aliphatic heterocycles. The molecule has 0 aliphatic carbocycles. The molecule has 0 saturated heterocycles. The molecule has 0 aromatic heterocycles. The van der Waals surface area contributed by atoms with Crippen molar-refractivity contribution in [3.63, 3.8) is 0 Å². The third kappa shape index (κ3) is 8.19. The Kier molecular flexibility index (Phi) is 11.7. The quantitative estimate of drug-likeness (QED) is 0.225. The van der Waals surface area contributed by atoms with E-state index in [2.05, 4.69) is 5.32 Å². The van der Waals surface area contributed by atoms with Gasteiger partial charge in [0, 0.05) is 17.6 Å². The molecule has 3 aromatic carbocycles. The summed E-state index contributed by atoms with van der Waals surface area (Å²) in [5.74, 6) is -0.894.